The summed E-state index contributed by atoms with van der Waals surface area (Å²) in [5.41, 5.74) is 1.27. The van der Waals surface area contributed by atoms with Gasteiger partial charge in [0.05, 0.1) is 0 Å². The molecule has 0 radical (unpaired) electrons. The van der Waals surface area contributed by atoms with E-state index in [2.05, 4.69) is 0 Å². The van der Waals surface area contributed by atoms with Crippen LogP contribution in [-0.2, 0) is 0 Å². The van der Waals surface area contributed by atoms with Crippen LogP contribution in [0.25, 0.3) is 0 Å². The van der Waals surface area contributed by atoms with E-state index in [0.717, 1.165) is 0 Å². The summed E-state index contributed by atoms with van der Waals surface area (Å²) >= 11 is 0. The number of halogens is 1. The molecule has 0 bridgehead atoms. The third kappa shape index (κ3) is 2.55. The molecule has 15 heavy (non-hydrogen) atoms. The lowest BCUT2D eigenvalue weighted by Gasteiger charge is -2.19. The van der Waals surface area contributed by atoms with Gasteiger partial charge in [0.2, 0.25) is 0 Å². The standard InChI is InChI=1S/C12H16FNO/c1-4-14(5-2)12(15)11-7-6-10(13)8-9(11)3/h6-8H,4-5H2,1-3H3. The average molecular weight is 209 g/mol. The van der Waals surface area contributed by atoms with Gasteiger partial charge in [-0.1, -0.05) is 0 Å². The molecule has 1 rings (SSSR count). The third-order valence-corrected chi connectivity index (χ3v) is 2.47. The number of nitrogens with zero attached hydrogens (tertiary/aromatic N) is 1. The summed E-state index contributed by atoms with van der Waals surface area (Å²) in [4.78, 5) is 13.7. The summed E-state index contributed by atoms with van der Waals surface area (Å²) in [5, 5.41) is 0. The van der Waals surface area contributed by atoms with E-state index in [1.165, 1.54) is 12.1 Å². The van der Waals surface area contributed by atoms with Gasteiger partial charge in [-0.25, -0.2) is 4.39 Å². The van der Waals surface area contributed by atoms with Crippen LogP contribution in [0.2, 0.25) is 0 Å². The molecule has 2 nitrogen and oxygen atoms in total. The largest absolute Gasteiger partial charge is 0.339 e. The SMILES string of the molecule is CCN(CC)C(=O)c1ccc(F)cc1C. The summed E-state index contributed by atoms with van der Waals surface area (Å²) in [6.45, 7) is 6.96. The van der Waals surface area contributed by atoms with Crippen molar-refractivity contribution in [3.63, 3.8) is 0 Å². The van der Waals surface area contributed by atoms with Crippen LogP contribution in [0, 0.1) is 12.7 Å². The number of carbonyl (C=O) groups excluding carboxylic acids is 1. The maximum Gasteiger partial charge on any atom is 0.254 e. The van der Waals surface area contributed by atoms with Crippen molar-refractivity contribution in [1.82, 2.24) is 4.90 Å². The molecule has 1 amide bonds. The summed E-state index contributed by atoms with van der Waals surface area (Å²) in [5.74, 6) is -0.332. The first-order chi connectivity index (χ1) is 7.10. The minimum absolute atomic E-state index is 0.0301. The third-order valence-electron chi connectivity index (χ3n) is 2.47. The second-order valence-corrected chi connectivity index (χ2v) is 3.44. The Labute approximate surface area is 89.7 Å². The van der Waals surface area contributed by atoms with Crippen LogP contribution in [0.3, 0.4) is 0 Å². The average Bonchev–Trinajstić information content (AvgIpc) is 2.19. The highest BCUT2D eigenvalue weighted by molar-refractivity contribution is 5.95. The Balaban J connectivity index is 3.00. The van der Waals surface area contributed by atoms with E-state index in [-0.39, 0.29) is 11.7 Å². The Bertz CT molecular complexity index is 359. The van der Waals surface area contributed by atoms with E-state index >= 15 is 0 Å². The lowest BCUT2D eigenvalue weighted by Crippen LogP contribution is -2.30. The van der Waals surface area contributed by atoms with Crippen LogP contribution in [0.15, 0.2) is 18.2 Å². The first kappa shape index (κ1) is 11.7. The summed E-state index contributed by atoms with van der Waals surface area (Å²) in [7, 11) is 0. The summed E-state index contributed by atoms with van der Waals surface area (Å²) in [6.07, 6.45) is 0. The van der Waals surface area contributed by atoms with Gasteiger partial charge < -0.3 is 4.90 Å². The zero-order valence-electron chi connectivity index (χ0n) is 9.38. The number of hydrogen-bond donors (Lipinski definition) is 0. The normalized spacial score (nSPS) is 10.1. The van der Waals surface area contributed by atoms with Gasteiger partial charge in [0.1, 0.15) is 5.82 Å². The van der Waals surface area contributed by atoms with Crippen LogP contribution in [0.5, 0.6) is 0 Å². The van der Waals surface area contributed by atoms with Gasteiger partial charge in [-0.05, 0) is 44.5 Å². The Hall–Kier alpha value is -1.38. The van der Waals surface area contributed by atoms with Crippen LogP contribution in [-0.4, -0.2) is 23.9 Å². The van der Waals surface area contributed by atoms with Gasteiger partial charge in [0.15, 0.2) is 0 Å². The van der Waals surface area contributed by atoms with E-state index in [1.54, 1.807) is 17.9 Å². The van der Waals surface area contributed by atoms with Gasteiger partial charge in [-0.15, -0.1) is 0 Å². The van der Waals surface area contributed by atoms with E-state index in [9.17, 15) is 9.18 Å². The molecule has 0 aliphatic heterocycles. The maximum atomic E-state index is 12.9. The van der Waals surface area contributed by atoms with Crippen molar-refractivity contribution >= 4 is 5.91 Å². The molecule has 0 saturated carbocycles. The first-order valence-corrected chi connectivity index (χ1v) is 5.15. The van der Waals surface area contributed by atoms with Crippen LogP contribution in [0.1, 0.15) is 29.8 Å². The number of hydrogen-bond acceptors (Lipinski definition) is 1. The Morgan fingerprint density at radius 1 is 1.33 bits per heavy atom. The predicted molar refractivity (Wildman–Crippen MR) is 58.4 cm³/mol. The van der Waals surface area contributed by atoms with E-state index in [1.807, 2.05) is 13.8 Å². The van der Waals surface area contributed by atoms with Crippen molar-refractivity contribution in [2.24, 2.45) is 0 Å². The smallest absolute Gasteiger partial charge is 0.254 e. The highest BCUT2D eigenvalue weighted by Gasteiger charge is 2.14. The van der Waals surface area contributed by atoms with Crippen LogP contribution in [0.4, 0.5) is 4.39 Å². The molecule has 0 N–H and O–H groups in total. The molecule has 0 saturated heterocycles. The zero-order valence-corrected chi connectivity index (χ0v) is 9.38. The molecule has 0 unspecified atom stereocenters. The van der Waals surface area contributed by atoms with Gasteiger partial charge in [-0.2, -0.15) is 0 Å². The Kier molecular flexibility index (Phi) is 3.83. The van der Waals surface area contributed by atoms with Crippen molar-refractivity contribution < 1.29 is 9.18 Å². The van der Waals surface area contributed by atoms with E-state index in [0.29, 0.717) is 24.2 Å². The number of carbonyl (C=O) groups is 1. The summed E-state index contributed by atoms with van der Waals surface area (Å²) < 4.78 is 12.9. The molecular weight excluding hydrogens is 193 g/mol. The lowest BCUT2D eigenvalue weighted by atomic mass is 10.1. The first-order valence-electron chi connectivity index (χ1n) is 5.15. The second-order valence-electron chi connectivity index (χ2n) is 3.44. The molecule has 0 aliphatic rings. The molecule has 3 heteroatoms. The van der Waals surface area contributed by atoms with Crippen LogP contribution >= 0.6 is 0 Å². The predicted octanol–water partition coefficient (Wildman–Crippen LogP) is 2.62. The zero-order chi connectivity index (χ0) is 11.4. The number of rotatable bonds is 3. The monoisotopic (exact) mass is 209 g/mol. The maximum absolute atomic E-state index is 12.9. The van der Waals surface area contributed by atoms with Gasteiger partial charge in [0.25, 0.3) is 5.91 Å². The topological polar surface area (TPSA) is 20.3 Å². The van der Waals surface area contributed by atoms with Crippen molar-refractivity contribution in [2.75, 3.05) is 13.1 Å². The molecule has 0 atom stereocenters. The van der Waals surface area contributed by atoms with Gasteiger partial charge in [-0.3, -0.25) is 4.79 Å². The second kappa shape index (κ2) is 4.91. The Morgan fingerprint density at radius 2 is 1.93 bits per heavy atom. The van der Waals surface area contributed by atoms with Crippen LogP contribution < -0.4 is 0 Å². The number of aryl methyl sites for hydroxylation is 1. The molecule has 0 spiro atoms. The molecule has 0 aliphatic carbocycles. The molecule has 1 aromatic carbocycles. The van der Waals surface area contributed by atoms with Gasteiger partial charge in [0, 0.05) is 18.7 Å². The van der Waals surface area contributed by atoms with Crippen molar-refractivity contribution in [3.8, 4) is 0 Å². The fraction of sp³-hybridized carbons (Fsp3) is 0.417. The number of amides is 1. The molecule has 0 heterocycles. The molecule has 1 aromatic rings. The fourth-order valence-corrected chi connectivity index (χ4v) is 1.55. The molecule has 0 aromatic heterocycles. The molecular formula is C12H16FNO. The molecule has 82 valence electrons. The highest BCUT2D eigenvalue weighted by atomic mass is 19.1. The van der Waals surface area contributed by atoms with Gasteiger partial charge >= 0.3 is 0 Å². The van der Waals surface area contributed by atoms with E-state index in [4.69, 9.17) is 0 Å². The minimum atomic E-state index is -0.302. The lowest BCUT2D eigenvalue weighted by molar-refractivity contribution is 0.0772. The quantitative estimate of drug-likeness (QED) is 0.749. The van der Waals surface area contributed by atoms with E-state index < -0.39 is 0 Å². The van der Waals surface area contributed by atoms with Crippen molar-refractivity contribution in [2.45, 2.75) is 20.8 Å². The Morgan fingerprint density at radius 3 is 2.40 bits per heavy atom. The highest BCUT2D eigenvalue weighted by Crippen LogP contribution is 2.12. The van der Waals surface area contributed by atoms with Crippen molar-refractivity contribution in [3.05, 3.63) is 35.1 Å². The molecule has 0 fully saturated rings. The number of benzene rings is 1. The fourth-order valence-electron chi connectivity index (χ4n) is 1.55. The summed E-state index contributed by atoms with van der Waals surface area (Å²) in [6, 6.07) is 4.26. The van der Waals surface area contributed by atoms with Crippen molar-refractivity contribution in [1.29, 1.82) is 0 Å². The minimum Gasteiger partial charge on any atom is -0.339 e.